The Labute approximate surface area is 131 Å². The molecule has 122 valence electrons. The topological polar surface area (TPSA) is 51.2 Å². The van der Waals surface area contributed by atoms with Crippen LogP contribution in [-0.4, -0.2) is 17.9 Å². The summed E-state index contributed by atoms with van der Waals surface area (Å²) < 4.78 is 43.4. The van der Waals surface area contributed by atoms with E-state index < -0.39 is 17.5 Å². The van der Waals surface area contributed by atoms with Crippen LogP contribution in [0.1, 0.15) is 28.5 Å². The average Bonchev–Trinajstić information content (AvgIpc) is 2.52. The van der Waals surface area contributed by atoms with Crippen molar-refractivity contribution in [3.8, 4) is 5.75 Å². The van der Waals surface area contributed by atoms with Gasteiger partial charge in [0.05, 0.1) is 18.4 Å². The van der Waals surface area contributed by atoms with Crippen molar-refractivity contribution in [3.63, 3.8) is 0 Å². The van der Waals surface area contributed by atoms with Gasteiger partial charge in [0, 0.05) is 19.7 Å². The van der Waals surface area contributed by atoms with Gasteiger partial charge in [-0.25, -0.2) is 0 Å². The largest absolute Gasteiger partial charge is 0.497 e. The van der Waals surface area contributed by atoms with Gasteiger partial charge < -0.3 is 10.1 Å². The van der Waals surface area contributed by atoms with Crippen LogP contribution in [0.3, 0.4) is 0 Å². The Balaban J connectivity index is 2.23. The van der Waals surface area contributed by atoms with Crippen LogP contribution >= 0.6 is 0 Å². The molecule has 1 heterocycles. The molecule has 23 heavy (non-hydrogen) atoms. The van der Waals surface area contributed by atoms with Crippen LogP contribution in [0.2, 0.25) is 0 Å². The average molecular weight is 324 g/mol. The number of methoxy groups -OCH3 is 1. The van der Waals surface area contributed by atoms with Gasteiger partial charge in [0.15, 0.2) is 5.78 Å². The van der Waals surface area contributed by atoms with Crippen LogP contribution in [0.4, 0.5) is 18.9 Å². The first-order chi connectivity index (χ1) is 10.8. The highest BCUT2D eigenvalue weighted by atomic mass is 19.4. The van der Waals surface area contributed by atoms with Crippen LogP contribution < -0.4 is 10.1 Å². The number of alkyl halides is 3. The lowest BCUT2D eigenvalue weighted by molar-refractivity contribution is -0.137. The second-order valence-corrected chi connectivity index (χ2v) is 4.88. The number of carbonyl (C=O) groups excluding carboxylic acids is 1. The third-order valence-electron chi connectivity index (χ3n) is 3.19. The standard InChI is InChI=1S/C16H15F3N2O2/c1-10(22)15-14(7-12(9-21-15)16(17,18)19)20-8-11-3-5-13(23-2)6-4-11/h3-7,9,20H,8H2,1-2H3. The van der Waals surface area contributed by atoms with Gasteiger partial charge in [0.2, 0.25) is 0 Å². The minimum absolute atomic E-state index is 0.0217. The van der Waals surface area contributed by atoms with E-state index in [1.54, 1.807) is 31.4 Å². The molecule has 0 saturated heterocycles. The smallest absolute Gasteiger partial charge is 0.417 e. The molecule has 1 N–H and O–H groups in total. The van der Waals surface area contributed by atoms with Crippen molar-refractivity contribution in [1.82, 2.24) is 4.98 Å². The molecule has 7 heteroatoms. The quantitative estimate of drug-likeness (QED) is 0.847. The van der Waals surface area contributed by atoms with Crippen LogP contribution in [0.25, 0.3) is 0 Å². The van der Waals surface area contributed by atoms with E-state index in [4.69, 9.17) is 4.74 Å². The number of benzene rings is 1. The number of ether oxygens (including phenoxy) is 1. The Bertz CT molecular complexity index is 697. The molecule has 0 bridgehead atoms. The monoisotopic (exact) mass is 324 g/mol. The van der Waals surface area contributed by atoms with Gasteiger partial charge in [-0.2, -0.15) is 13.2 Å². The summed E-state index contributed by atoms with van der Waals surface area (Å²) in [5.41, 5.74) is -0.0351. The molecule has 0 radical (unpaired) electrons. The summed E-state index contributed by atoms with van der Waals surface area (Å²) >= 11 is 0. The summed E-state index contributed by atoms with van der Waals surface area (Å²) in [5.74, 6) is 0.273. The number of anilines is 1. The molecule has 0 amide bonds. The van der Waals surface area contributed by atoms with E-state index in [0.29, 0.717) is 11.9 Å². The van der Waals surface area contributed by atoms with E-state index in [1.807, 2.05) is 0 Å². The molecule has 1 aromatic heterocycles. The second-order valence-electron chi connectivity index (χ2n) is 4.88. The summed E-state index contributed by atoms with van der Waals surface area (Å²) in [6.45, 7) is 1.52. The minimum atomic E-state index is -4.52. The fourth-order valence-electron chi connectivity index (χ4n) is 1.98. The Morgan fingerprint density at radius 1 is 1.26 bits per heavy atom. The zero-order valence-corrected chi connectivity index (χ0v) is 12.6. The van der Waals surface area contributed by atoms with Crippen molar-refractivity contribution < 1.29 is 22.7 Å². The summed E-state index contributed by atoms with van der Waals surface area (Å²) in [5, 5.41) is 2.84. The zero-order chi connectivity index (χ0) is 17.0. The zero-order valence-electron chi connectivity index (χ0n) is 12.6. The number of rotatable bonds is 5. The van der Waals surface area contributed by atoms with Crippen molar-refractivity contribution in [3.05, 3.63) is 53.3 Å². The molecule has 0 aliphatic heterocycles. The summed E-state index contributed by atoms with van der Waals surface area (Å²) in [4.78, 5) is 15.2. The Morgan fingerprint density at radius 3 is 2.43 bits per heavy atom. The third kappa shape index (κ3) is 4.21. The summed E-state index contributed by atoms with van der Waals surface area (Å²) in [6, 6.07) is 7.94. The number of nitrogens with zero attached hydrogens (tertiary/aromatic N) is 1. The third-order valence-corrected chi connectivity index (χ3v) is 3.19. The first-order valence-corrected chi connectivity index (χ1v) is 6.76. The molecule has 0 unspecified atom stereocenters. The lowest BCUT2D eigenvalue weighted by atomic mass is 10.1. The van der Waals surface area contributed by atoms with Gasteiger partial charge in [-0.05, 0) is 23.8 Å². The van der Waals surface area contributed by atoms with Crippen molar-refractivity contribution in [2.45, 2.75) is 19.6 Å². The number of pyridine rings is 1. The number of halogens is 3. The fraction of sp³-hybridized carbons (Fsp3) is 0.250. The van der Waals surface area contributed by atoms with E-state index in [2.05, 4.69) is 10.3 Å². The number of carbonyl (C=O) groups is 1. The predicted octanol–water partition coefficient (Wildman–Crippen LogP) is 3.92. The molecular weight excluding hydrogens is 309 g/mol. The Morgan fingerprint density at radius 2 is 1.91 bits per heavy atom. The van der Waals surface area contributed by atoms with Gasteiger partial charge >= 0.3 is 6.18 Å². The lowest BCUT2D eigenvalue weighted by Gasteiger charge is -2.13. The van der Waals surface area contributed by atoms with E-state index in [1.165, 1.54) is 6.92 Å². The fourth-order valence-corrected chi connectivity index (χ4v) is 1.98. The molecule has 4 nitrogen and oxygen atoms in total. The number of ketones is 1. The maximum absolute atomic E-state index is 12.8. The second kappa shape index (κ2) is 6.68. The SMILES string of the molecule is COc1ccc(CNc2cc(C(F)(F)F)cnc2C(C)=O)cc1. The molecule has 0 atom stereocenters. The highest BCUT2D eigenvalue weighted by molar-refractivity contribution is 5.97. The van der Waals surface area contributed by atoms with Crippen molar-refractivity contribution >= 4 is 11.5 Å². The number of hydrogen-bond donors (Lipinski definition) is 1. The number of aromatic nitrogens is 1. The molecule has 0 saturated carbocycles. The van der Waals surface area contributed by atoms with Crippen LogP contribution in [-0.2, 0) is 12.7 Å². The molecule has 0 aliphatic rings. The number of hydrogen-bond acceptors (Lipinski definition) is 4. The maximum Gasteiger partial charge on any atom is 0.417 e. The highest BCUT2D eigenvalue weighted by Gasteiger charge is 2.32. The van der Waals surface area contributed by atoms with Gasteiger partial charge in [-0.1, -0.05) is 12.1 Å². The van der Waals surface area contributed by atoms with E-state index in [-0.39, 0.29) is 17.9 Å². The first kappa shape index (κ1) is 16.8. The van der Waals surface area contributed by atoms with Crippen molar-refractivity contribution in [2.24, 2.45) is 0 Å². The normalized spacial score (nSPS) is 11.2. The highest BCUT2D eigenvalue weighted by Crippen LogP contribution is 2.31. The van der Waals surface area contributed by atoms with Crippen molar-refractivity contribution in [2.75, 3.05) is 12.4 Å². The Kier molecular flexibility index (Phi) is 4.88. The lowest BCUT2D eigenvalue weighted by Crippen LogP contribution is -2.12. The number of nitrogens with one attached hydrogen (secondary N) is 1. The van der Waals surface area contributed by atoms with Crippen LogP contribution in [0.15, 0.2) is 36.5 Å². The minimum Gasteiger partial charge on any atom is -0.497 e. The number of Topliss-reactive ketones (excluding diaryl/α,β-unsaturated/α-hetero) is 1. The molecule has 1 aromatic carbocycles. The van der Waals surface area contributed by atoms with Gasteiger partial charge in [-0.15, -0.1) is 0 Å². The van der Waals surface area contributed by atoms with E-state index >= 15 is 0 Å². The van der Waals surface area contributed by atoms with Gasteiger partial charge in [0.25, 0.3) is 0 Å². The molecular formula is C16H15F3N2O2. The van der Waals surface area contributed by atoms with E-state index in [9.17, 15) is 18.0 Å². The molecule has 2 rings (SSSR count). The molecule has 0 fully saturated rings. The summed E-state index contributed by atoms with van der Waals surface area (Å²) in [6.07, 6.45) is -3.85. The molecule has 0 spiro atoms. The summed E-state index contributed by atoms with van der Waals surface area (Å²) in [7, 11) is 1.54. The molecule has 0 aliphatic carbocycles. The van der Waals surface area contributed by atoms with Gasteiger partial charge in [-0.3, -0.25) is 9.78 Å². The van der Waals surface area contributed by atoms with Gasteiger partial charge in [0.1, 0.15) is 11.4 Å². The predicted molar refractivity (Wildman–Crippen MR) is 79.6 cm³/mol. The first-order valence-electron chi connectivity index (χ1n) is 6.76. The maximum atomic E-state index is 12.8. The van der Waals surface area contributed by atoms with E-state index in [0.717, 1.165) is 11.6 Å². The van der Waals surface area contributed by atoms with Crippen molar-refractivity contribution in [1.29, 1.82) is 0 Å². The van der Waals surface area contributed by atoms with Crippen LogP contribution in [0, 0.1) is 0 Å². The Hall–Kier alpha value is -2.57. The molecule has 2 aromatic rings. The van der Waals surface area contributed by atoms with Crippen LogP contribution in [0.5, 0.6) is 5.75 Å².